The summed E-state index contributed by atoms with van der Waals surface area (Å²) >= 11 is 1.29. The largest absolute Gasteiger partial charge is 0.325 e. The van der Waals surface area contributed by atoms with Crippen LogP contribution in [0, 0.1) is 19.7 Å². The Kier molecular flexibility index (Phi) is 4.39. The number of amides is 1. The number of thioether (sulfide) groups is 1. The van der Waals surface area contributed by atoms with Crippen molar-refractivity contribution in [3.8, 4) is 0 Å². The van der Waals surface area contributed by atoms with Crippen LogP contribution in [0.15, 0.2) is 23.4 Å². The van der Waals surface area contributed by atoms with Gasteiger partial charge in [0.05, 0.1) is 5.75 Å². The van der Waals surface area contributed by atoms with Gasteiger partial charge in [0.1, 0.15) is 11.6 Å². The van der Waals surface area contributed by atoms with Crippen molar-refractivity contribution in [3.05, 3.63) is 35.4 Å². The van der Waals surface area contributed by atoms with Crippen molar-refractivity contribution >= 4 is 23.4 Å². The summed E-state index contributed by atoms with van der Waals surface area (Å²) in [6.45, 7) is 3.51. The smallest absolute Gasteiger partial charge is 0.234 e. The third kappa shape index (κ3) is 3.36. The van der Waals surface area contributed by atoms with Crippen molar-refractivity contribution in [2.45, 2.75) is 19.0 Å². The van der Waals surface area contributed by atoms with Crippen LogP contribution in [0.2, 0.25) is 0 Å². The van der Waals surface area contributed by atoms with Crippen molar-refractivity contribution < 1.29 is 9.18 Å². The number of hydrogen-bond donors (Lipinski definition) is 1. The molecule has 1 amide bonds. The molecule has 1 heterocycles. The molecule has 0 spiro atoms. The maximum atomic E-state index is 13.4. The molecule has 0 fully saturated rings. The van der Waals surface area contributed by atoms with Crippen molar-refractivity contribution in [2.75, 3.05) is 11.1 Å². The molecule has 0 aliphatic heterocycles. The molecule has 20 heavy (non-hydrogen) atoms. The summed E-state index contributed by atoms with van der Waals surface area (Å²) in [5, 5.41) is 11.2. The summed E-state index contributed by atoms with van der Waals surface area (Å²) in [6, 6.07) is 4.61. The van der Waals surface area contributed by atoms with E-state index in [1.807, 2.05) is 18.5 Å². The Morgan fingerprint density at radius 3 is 2.75 bits per heavy atom. The molecular weight excluding hydrogens is 279 g/mol. The van der Waals surface area contributed by atoms with E-state index in [2.05, 4.69) is 15.5 Å². The van der Waals surface area contributed by atoms with E-state index in [1.54, 1.807) is 19.1 Å². The fourth-order valence-electron chi connectivity index (χ4n) is 1.51. The highest BCUT2D eigenvalue weighted by Crippen LogP contribution is 2.17. The van der Waals surface area contributed by atoms with E-state index in [0.29, 0.717) is 16.4 Å². The second kappa shape index (κ2) is 6.04. The topological polar surface area (TPSA) is 59.8 Å². The van der Waals surface area contributed by atoms with Gasteiger partial charge in [0.2, 0.25) is 5.91 Å². The van der Waals surface area contributed by atoms with Gasteiger partial charge in [0, 0.05) is 12.7 Å². The van der Waals surface area contributed by atoms with Crippen LogP contribution in [0.5, 0.6) is 0 Å². The quantitative estimate of drug-likeness (QED) is 0.879. The van der Waals surface area contributed by atoms with Crippen molar-refractivity contribution in [1.82, 2.24) is 14.8 Å². The molecule has 5 nitrogen and oxygen atoms in total. The van der Waals surface area contributed by atoms with E-state index in [9.17, 15) is 9.18 Å². The molecule has 1 aromatic carbocycles. The van der Waals surface area contributed by atoms with E-state index in [0.717, 1.165) is 5.82 Å². The minimum absolute atomic E-state index is 0.196. The minimum Gasteiger partial charge on any atom is -0.325 e. The SMILES string of the molecule is Cc1ccc(NC(=O)CSc2nnc(C)n2C)cc1F. The first-order chi connectivity index (χ1) is 9.47. The first-order valence-corrected chi connectivity index (χ1v) is 7.00. The fraction of sp³-hybridized carbons (Fsp3) is 0.308. The lowest BCUT2D eigenvalue weighted by Gasteiger charge is -2.06. The first kappa shape index (κ1) is 14.5. The summed E-state index contributed by atoms with van der Waals surface area (Å²) in [4.78, 5) is 11.8. The maximum absolute atomic E-state index is 13.4. The Morgan fingerprint density at radius 2 is 2.15 bits per heavy atom. The molecular formula is C13H15FN4OS. The predicted octanol–water partition coefficient (Wildman–Crippen LogP) is 2.30. The van der Waals surface area contributed by atoms with E-state index < -0.39 is 0 Å². The van der Waals surface area contributed by atoms with Crippen LogP contribution in [0.25, 0.3) is 0 Å². The van der Waals surface area contributed by atoms with Gasteiger partial charge in [-0.25, -0.2) is 4.39 Å². The van der Waals surface area contributed by atoms with E-state index in [1.165, 1.54) is 17.8 Å². The Morgan fingerprint density at radius 1 is 1.40 bits per heavy atom. The number of carbonyl (C=O) groups is 1. The Bertz CT molecular complexity index is 641. The van der Waals surface area contributed by atoms with Crippen molar-refractivity contribution in [1.29, 1.82) is 0 Å². The zero-order valence-corrected chi connectivity index (χ0v) is 12.3. The number of nitrogens with zero attached hydrogens (tertiary/aromatic N) is 3. The second-order valence-electron chi connectivity index (χ2n) is 4.39. The summed E-state index contributed by atoms with van der Waals surface area (Å²) in [7, 11) is 1.84. The molecule has 106 valence electrons. The molecule has 2 aromatic rings. The fourth-order valence-corrected chi connectivity index (χ4v) is 2.27. The summed E-state index contributed by atoms with van der Waals surface area (Å²) in [5.74, 6) is 0.438. The average Bonchev–Trinajstić information content (AvgIpc) is 2.72. The number of hydrogen-bond acceptors (Lipinski definition) is 4. The maximum Gasteiger partial charge on any atom is 0.234 e. The Labute approximate surface area is 120 Å². The molecule has 7 heteroatoms. The molecule has 0 unspecified atom stereocenters. The summed E-state index contributed by atoms with van der Waals surface area (Å²) < 4.78 is 15.2. The molecule has 2 rings (SSSR count). The molecule has 0 radical (unpaired) electrons. The third-order valence-corrected chi connectivity index (χ3v) is 3.86. The van der Waals surface area contributed by atoms with Gasteiger partial charge in [-0.2, -0.15) is 0 Å². The van der Waals surface area contributed by atoms with Crippen LogP contribution in [-0.2, 0) is 11.8 Å². The molecule has 0 saturated heterocycles. The van der Waals surface area contributed by atoms with Crippen LogP contribution in [-0.4, -0.2) is 26.4 Å². The summed E-state index contributed by atoms with van der Waals surface area (Å²) in [6.07, 6.45) is 0. The molecule has 0 aliphatic carbocycles. The van der Waals surface area contributed by atoms with Crippen molar-refractivity contribution in [3.63, 3.8) is 0 Å². The predicted molar refractivity (Wildman–Crippen MR) is 76.2 cm³/mol. The average molecular weight is 294 g/mol. The number of nitrogens with one attached hydrogen (secondary N) is 1. The molecule has 0 atom stereocenters. The van der Waals surface area contributed by atoms with Crippen LogP contribution >= 0.6 is 11.8 Å². The van der Waals surface area contributed by atoms with E-state index >= 15 is 0 Å². The van der Waals surface area contributed by atoms with Gasteiger partial charge in [-0.1, -0.05) is 17.8 Å². The molecule has 1 aromatic heterocycles. The number of aryl methyl sites for hydroxylation is 2. The van der Waals surface area contributed by atoms with Gasteiger partial charge < -0.3 is 9.88 Å². The van der Waals surface area contributed by atoms with E-state index in [-0.39, 0.29) is 17.5 Å². The van der Waals surface area contributed by atoms with Crippen LogP contribution in [0.3, 0.4) is 0 Å². The highest BCUT2D eigenvalue weighted by atomic mass is 32.2. The third-order valence-electron chi connectivity index (χ3n) is 2.84. The number of rotatable bonds is 4. The normalized spacial score (nSPS) is 10.6. The number of benzene rings is 1. The lowest BCUT2D eigenvalue weighted by molar-refractivity contribution is -0.113. The second-order valence-corrected chi connectivity index (χ2v) is 5.33. The Hall–Kier alpha value is -1.89. The van der Waals surface area contributed by atoms with Crippen LogP contribution in [0.4, 0.5) is 10.1 Å². The standard InChI is InChI=1S/C13H15FN4OS/c1-8-4-5-10(6-11(8)14)15-12(19)7-20-13-17-16-9(2)18(13)3/h4-6H,7H2,1-3H3,(H,15,19). The molecule has 0 bridgehead atoms. The lowest BCUT2D eigenvalue weighted by atomic mass is 10.2. The highest BCUT2D eigenvalue weighted by molar-refractivity contribution is 7.99. The molecule has 0 saturated carbocycles. The highest BCUT2D eigenvalue weighted by Gasteiger charge is 2.09. The lowest BCUT2D eigenvalue weighted by Crippen LogP contribution is -2.14. The van der Waals surface area contributed by atoms with Gasteiger partial charge in [-0.05, 0) is 31.5 Å². The number of halogens is 1. The monoisotopic (exact) mass is 294 g/mol. The van der Waals surface area contributed by atoms with Gasteiger partial charge >= 0.3 is 0 Å². The van der Waals surface area contributed by atoms with Crippen LogP contribution in [0.1, 0.15) is 11.4 Å². The Balaban J connectivity index is 1.92. The van der Waals surface area contributed by atoms with Gasteiger partial charge in [-0.3, -0.25) is 4.79 Å². The first-order valence-electron chi connectivity index (χ1n) is 6.02. The zero-order valence-electron chi connectivity index (χ0n) is 11.5. The van der Waals surface area contributed by atoms with Crippen molar-refractivity contribution in [2.24, 2.45) is 7.05 Å². The number of anilines is 1. The summed E-state index contributed by atoms with van der Waals surface area (Å²) in [5.41, 5.74) is 1.000. The number of carbonyl (C=O) groups excluding carboxylic acids is 1. The van der Waals surface area contributed by atoms with Gasteiger partial charge in [-0.15, -0.1) is 10.2 Å². The molecule has 1 N–H and O–H groups in total. The van der Waals surface area contributed by atoms with E-state index in [4.69, 9.17) is 0 Å². The zero-order chi connectivity index (χ0) is 14.7. The van der Waals surface area contributed by atoms with Gasteiger partial charge in [0.15, 0.2) is 5.16 Å². The minimum atomic E-state index is -0.334. The number of aromatic nitrogens is 3. The van der Waals surface area contributed by atoms with Gasteiger partial charge in [0.25, 0.3) is 0 Å². The molecule has 0 aliphatic rings. The van der Waals surface area contributed by atoms with Crippen LogP contribution < -0.4 is 5.32 Å².